The van der Waals surface area contributed by atoms with E-state index in [1.807, 2.05) is 51.1 Å². The maximum absolute atomic E-state index is 12.3. The lowest BCUT2D eigenvalue weighted by Crippen LogP contribution is -2.49. The van der Waals surface area contributed by atoms with Crippen LogP contribution in [0.4, 0.5) is 4.79 Å². The van der Waals surface area contributed by atoms with Crippen molar-refractivity contribution in [2.24, 2.45) is 11.7 Å². The van der Waals surface area contributed by atoms with Crippen molar-refractivity contribution in [3.63, 3.8) is 0 Å². The summed E-state index contributed by atoms with van der Waals surface area (Å²) in [6.07, 6.45) is -1.05. The molecular formula is C17H25N3O4. The first kappa shape index (κ1) is 19.5. The number of amides is 3. The molecule has 0 aromatic heterocycles. The predicted molar refractivity (Wildman–Crippen MR) is 89.9 cm³/mol. The van der Waals surface area contributed by atoms with Crippen LogP contribution in [0, 0.1) is 5.92 Å². The molecule has 0 spiro atoms. The molecule has 0 aliphatic carbocycles. The molecule has 2 atom stereocenters. The summed E-state index contributed by atoms with van der Waals surface area (Å²) in [5.74, 6) is -1.02. The third kappa shape index (κ3) is 7.13. The number of alkyl carbamates (subject to hydrolysis) is 1. The molecule has 0 heterocycles. The minimum Gasteiger partial charge on any atom is -0.449 e. The first-order valence-corrected chi connectivity index (χ1v) is 7.86. The third-order valence-corrected chi connectivity index (χ3v) is 3.22. The Morgan fingerprint density at radius 1 is 1.08 bits per heavy atom. The number of hydrogen-bond donors (Lipinski definition) is 3. The van der Waals surface area contributed by atoms with Crippen molar-refractivity contribution in [1.82, 2.24) is 10.6 Å². The molecule has 1 rings (SSSR count). The molecule has 0 fully saturated rings. The molecule has 0 unspecified atom stereocenters. The minimum atomic E-state index is -1.08. The number of carbonyl (C=O) groups is 3. The molecule has 1 aromatic rings. The smallest absolute Gasteiger partial charge is 0.407 e. The van der Waals surface area contributed by atoms with Crippen LogP contribution in [0.5, 0.6) is 0 Å². The normalized spacial score (nSPS) is 13.0. The first-order chi connectivity index (χ1) is 11.3. The SMILES string of the molecule is CC(C)COC(=O)N[C@H](CC(N)=O)C(=O)N[C@@H](C)c1ccccc1. The van der Waals surface area contributed by atoms with Crippen LogP contribution in [0.25, 0.3) is 0 Å². The second-order valence-corrected chi connectivity index (χ2v) is 6.00. The van der Waals surface area contributed by atoms with Crippen molar-refractivity contribution in [1.29, 1.82) is 0 Å². The van der Waals surface area contributed by atoms with Crippen molar-refractivity contribution < 1.29 is 19.1 Å². The second kappa shape index (κ2) is 9.54. The van der Waals surface area contributed by atoms with Gasteiger partial charge in [0, 0.05) is 0 Å². The van der Waals surface area contributed by atoms with Crippen molar-refractivity contribution in [2.45, 2.75) is 39.3 Å². The van der Waals surface area contributed by atoms with Gasteiger partial charge in [-0.2, -0.15) is 0 Å². The van der Waals surface area contributed by atoms with Gasteiger partial charge in [0.15, 0.2) is 0 Å². The van der Waals surface area contributed by atoms with Crippen LogP contribution >= 0.6 is 0 Å². The number of rotatable bonds is 8. The lowest BCUT2D eigenvalue weighted by atomic mass is 10.1. The number of carbonyl (C=O) groups excluding carboxylic acids is 3. The van der Waals surface area contributed by atoms with Crippen LogP contribution in [0.2, 0.25) is 0 Å². The number of benzene rings is 1. The lowest BCUT2D eigenvalue weighted by molar-refractivity contribution is -0.127. The average molecular weight is 335 g/mol. The zero-order valence-electron chi connectivity index (χ0n) is 14.2. The van der Waals surface area contributed by atoms with Gasteiger partial charge >= 0.3 is 6.09 Å². The van der Waals surface area contributed by atoms with E-state index in [0.717, 1.165) is 5.56 Å². The van der Waals surface area contributed by atoms with Crippen molar-refractivity contribution in [3.8, 4) is 0 Å². The molecule has 7 heteroatoms. The molecule has 7 nitrogen and oxygen atoms in total. The van der Waals surface area contributed by atoms with E-state index in [1.54, 1.807) is 0 Å². The van der Waals surface area contributed by atoms with Gasteiger partial charge < -0.3 is 21.1 Å². The van der Waals surface area contributed by atoms with E-state index in [-0.39, 0.29) is 25.0 Å². The molecule has 0 radical (unpaired) electrons. The number of nitrogens with one attached hydrogen (secondary N) is 2. The van der Waals surface area contributed by atoms with Gasteiger partial charge in [0.05, 0.1) is 19.1 Å². The van der Waals surface area contributed by atoms with E-state index in [9.17, 15) is 14.4 Å². The van der Waals surface area contributed by atoms with Crippen LogP contribution in [0.1, 0.15) is 38.8 Å². The highest BCUT2D eigenvalue weighted by molar-refractivity contribution is 5.90. The average Bonchev–Trinajstić information content (AvgIpc) is 2.52. The summed E-state index contributed by atoms with van der Waals surface area (Å²) in [5.41, 5.74) is 6.07. The zero-order chi connectivity index (χ0) is 18.1. The van der Waals surface area contributed by atoms with Gasteiger partial charge in [-0.15, -0.1) is 0 Å². The van der Waals surface area contributed by atoms with Gasteiger partial charge in [-0.3, -0.25) is 9.59 Å². The van der Waals surface area contributed by atoms with Crippen LogP contribution in [0.3, 0.4) is 0 Å². The molecule has 0 aliphatic rings. The predicted octanol–water partition coefficient (Wildman–Crippen LogP) is 1.49. The van der Waals surface area contributed by atoms with Gasteiger partial charge in [0.1, 0.15) is 6.04 Å². The van der Waals surface area contributed by atoms with Crippen LogP contribution in [0.15, 0.2) is 30.3 Å². The van der Waals surface area contributed by atoms with E-state index in [0.29, 0.717) is 0 Å². The number of primary amides is 1. The molecule has 4 N–H and O–H groups in total. The summed E-state index contributed by atoms with van der Waals surface area (Å²) in [5, 5.41) is 5.14. The van der Waals surface area contributed by atoms with Crippen molar-refractivity contribution in [3.05, 3.63) is 35.9 Å². The number of nitrogens with two attached hydrogens (primary N) is 1. The number of hydrogen-bond acceptors (Lipinski definition) is 4. The van der Waals surface area contributed by atoms with Gasteiger partial charge in [-0.1, -0.05) is 44.2 Å². The molecule has 0 aliphatic heterocycles. The largest absolute Gasteiger partial charge is 0.449 e. The summed E-state index contributed by atoms with van der Waals surface area (Å²) < 4.78 is 4.97. The molecule has 0 bridgehead atoms. The Balaban J connectivity index is 2.67. The number of ether oxygens (including phenoxy) is 1. The van der Waals surface area contributed by atoms with Gasteiger partial charge in [-0.25, -0.2) is 4.79 Å². The van der Waals surface area contributed by atoms with Crippen LogP contribution in [-0.4, -0.2) is 30.6 Å². The van der Waals surface area contributed by atoms with Crippen LogP contribution in [-0.2, 0) is 14.3 Å². The van der Waals surface area contributed by atoms with E-state index in [2.05, 4.69) is 10.6 Å². The summed E-state index contributed by atoms with van der Waals surface area (Å²) in [6.45, 7) is 5.81. The Labute approximate surface area is 141 Å². The standard InChI is InChI=1S/C17H25N3O4/c1-11(2)10-24-17(23)20-14(9-15(18)21)16(22)19-12(3)13-7-5-4-6-8-13/h4-8,11-12,14H,9-10H2,1-3H3,(H2,18,21)(H,19,22)(H,20,23)/t12-,14+/m0/s1. The highest BCUT2D eigenvalue weighted by Gasteiger charge is 2.25. The molecule has 0 saturated heterocycles. The molecule has 1 aromatic carbocycles. The van der Waals surface area contributed by atoms with E-state index in [4.69, 9.17) is 10.5 Å². The molecule has 3 amide bonds. The first-order valence-electron chi connectivity index (χ1n) is 7.86. The van der Waals surface area contributed by atoms with Gasteiger partial charge in [0.25, 0.3) is 0 Å². The fraction of sp³-hybridized carbons (Fsp3) is 0.471. The summed E-state index contributed by atoms with van der Waals surface area (Å²) >= 11 is 0. The Hall–Kier alpha value is -2.57. The third-order valence-electron chi connectivity index (χ3n) is 3.22. The van der Waals surface area contributed by atoms with E-state index < -0.39 is 23.9 Å². The van der Waals surface area contributed by atoms with Gasteiger partial charge in [-0.05, 0) is 18.4 Å². The Morgan fingerprint density at radius 2 is 1.71 bits per heavy atom. The summed E-state index contributed by atoms with van der Waals surface area (Å²) in [6, 6.07) is 7.99. The maximum Gasteiger partial charge on any atom is 0.407 e. The Morgan fingerprint density at radius 3 is 2.25 bits per heavy atom. The summed E-state index contributed by atoms with van der Waals surface area (Å²) in [4.78, 5) is 35.2. The second-order valence-electron chi connectivity index (χ2n) is 6.00. The maximum atomic E-state index is 12.3. The highest BCUT2D eigenvalue weighted by Crippen LogP contribution is 2.11. The molecule has 0 saturated carbocycles. The highest BCUT2D eigenvalue weighted by atomic mass is 16.5. The monoisotopic (exact) mass is 335 g/mol. The lowest BCUT2D eigenvalue weighted by Gasteiger charge is -2.21. The van der Waals surface area contributed by atoms with Crippen LogP contribution < -0.4 is 16.4 Å². The summed E-state index contributed by atoms with van der Waals surface area (Å²) in [7, 11) is 0. The van der Waals surface area contributed by atoms with E-state index in [1.165, 1.54) is 0 Å². The van der Waals surface area contributed by atoms with E-state index >= 15 is 0 Å². The quantitative estimate of drug-likeness (QED) is 0.668. The minimum absolute atomic E-state index is 0.164. The van der Waals surface area contributed by atoms with Crippen molar-refractivity contribution >= 4 is 17.9 Å². The fourth-order valence-corrected chi connectivity index (χ4v) is 1.98. The zero-order valence-corrected chi connectivity index (χ0v) is 14.2. The Kier molecular flexibility index (Phi) is 7.74. The molecule has 132 valence electrons. The topological polar surface area (TPSA) is 111 Å². The Bertz CT molecular complexity index is 560. The molecular weight excluding hydrogens is 310 g/mol. The fourth-order valence-electron chi connectivity index (χ4n) is 1.98. The van der Waals surface area contributed by atoms with Crippen molar-refractivity contribution in [2.75, 3.05) is 6.61 Å². The van der Waals surface area contributed by atoms with Gasteiger partial charge in [0.2, 0.25) is 11.8 Å². The molecule has 24 heavy (non-hydrogen) atoms.